The highest BCUT2D eigenvalue weighted by Gasteiger charge is 2.27. The number of amides is 1. The molecule has 0 spiro atoms. The van der Waals surface area contributed by atoms with Crippen LogP contribution in [0.5, 0.6) is 0 Å². The molecule has 2 N–H and O–H groups in total. The van der Waals surface area contributed by atoms with Gasteiger partial charge in [0.15, 0.2) is 12.1 Å². The second-order valence-electron chi connectivity index (χ2n) is 12.1. The average molecular weight is 668 g/mol. The summed E-state index contributed by atoms with van der Waals surface area (Å²) in [7, 11) is 2.71. The number of piperazine rings is 1. The fraction of sp³-hybridized carbons (Fsp3) is 0.400. The zero-order valence-electron chi connectivity index (χ0n) is 28.0. The first-order valence-corrected chi connectivity index (χ1v) is 16.6. The first-order valence-electron chi connectivity index (χ1n) is 16.6. The van der Waals surface area contributed by atoms with Gasteiger partial charge in [-0.1, -0.05) is 54.8 Å². The van der Waals surface area contributed by atoms with Crippen LogP contribution in [0.15, 0.2) is 61.1 Å². The summed E-state index contributed by atoms with van der Waals surface area (Å²) in [6.45, 7) is 4.68. The van der Waals surface area contributed by atoms with E-state index >= 15 is 0 Å². The fourth-order valence-corrected chi connectivity index (χ4v) is 6.23. The Balaban J connectivity index is 1.36. The van der Waals surface area contributed by atoms with E-state index in [0.717, 1.165) is 35.7 Å². The molecule has 2 aromatic carbocycles. The zero-order valence-corrected chi connectivity index (χ0v) is 28.0. The molecule has 4 heterocycles. The van der Waals surface area contributed by atoms with Crippen LogP contribution in [0.4, 0.5) is 0 Å². The normalized spacial score (nSPS) is 14.5. The Kier molecular flexibility index (Phi) is 10.4. The van der Waals surface area contributed by atoms with E-state index < -0.39 is 18.1 Å². The monoisotopic (exact) mass is 667 g/mol. The molecule has 256 valence electrons. The van der Waals surface area contributed by atoms with Gasteiger partial charge >= 0.3 is 11.9 Å². The predicted molar refractivity (Wildman–Crippen MR) is 181 cm³/mol. The van der Waals surface area contributed by atoms with Gasteiger partial charge in [-0.3, -0.25) is 4.79 Å². The summed E-state index contributed by atoms with van der Waals surface area (Å²) >= 11 is 0. The summed E-state index contributed by atoms with van der Waals surface area (Å²) in [5.74, 6) is -0.968. The number of para-hydroxylation sites is 1. The van der Waals surface area contributed by atoms with Crippen LogP contribution in [0.2, 0.25) is 0 Å². The molecule has 1 amide bonds. The molecule has 5 aromatic rings. The Morgan fingerprint density at radius 3 is 2.14 bits per heavy atom. The zero-order chi connectivity index (χ0) is 34.3. The Morgan fingerprint density at radius 2 is 1.49 bits per heavy atom. The first-order chi connectivity index (χ1) is 23.9. The second-order valence-corrected chi connectivity index (χ2v) is 12.1. The van der Waals surface area contributed by atoms with Crippen LogP contribution in [0.3, 0.4) is 0 Å². The number of benzene rings is 2. The summed E-state index contributed by atoms with van der Waals surface area (Å²) in [6.07, 6.45) is 9.01. The molecule has 14 heteroatoms. The minimum absolute atomic E-state index is 0.122. The van der Waals surface area contributed by atoms with Crippen molar-refractivity contribution in [2.24, 2.45) is 0 Å². The molecule has 0 radical (unpaired) electrons. The van der Waals surface area contributed by atoms with Crippen molar-refractivity contribution in [3.8, 4) is 22.5 Å². The number of esters is 2. The average Bonchev–Trinajstić information content (AvgIpc) is 3.93. The van der Waals surface area contributed by atoms with Crippen molar-refractivity contribution in [2.75, 3.05) is 40.4 Å². The molecule has 3 aromatic heterocycles. The Labute approximate surface area is 283 Å². The molecule has 6 rings (SSSR count). The standard InChI is InChI=1S/C35H41N9O5/c1-4-5-6-11-31(34(46)48-2)43-21-29(38-40-43)23-16-24(18-25(17-23)33(45)42-14-12-36-13-15-42)30-22-44(41-39-30)32(35(47)49-3)19-26-20-37-28-10-8-7-9-27(26)28/h7-10,16-18,20-22,31-32,36-37H,4-6,11-15,19H2,1-3H3/t31-,32-/m0/s1. The molecule has 2 atom stereocenters. The van der Waals surface area contributed by atoms with Gasteiger partial charge in [0.1, 0.15) is 11.4 Å². The largest absolute Gasteiger partial charge is 0.467 e. The lowest BCUT2D eigenvalue weighted by molar-refractivity contribution is -0.146. The molecule has 0 bridgehead atoms. The number of aromatic amines is 1. The van der Waals surface area contributed by atoms with Gasteiger partial charge in [0, 0.05) is 66.4 Å². The number of hydrogen-bond donors (Lipinski definition) is 2. The lowest BCUT2D eigenvalue weighted by atomic mass is 10.0. The number of aromatic nitrogens is 7. The van der Waals surface area contributed by atoms with Crippen LogP contribution in [-0.4, -0.2) is 98.1 Å². The smallest absolute Gasteiger partial charge is 0.331 e. The van der Waals surface area contributed by atoms with Gasteiger partial charge in [0.2, 0.25) is 0 Å². The molecule has 0 aliphatic carbocycles. The maximum atomic E-state index is 13.8. The van der Waals surface area contributed by atoms with E-state index in [1.165, 1.54) is 23.6 Å². The van der Waals surface area contributed by atoms with E-state index in [1.54, 1.807) is 24.5 Å². The number of nitrogens with zero attached hydrogens (tertiary/aromatic N) is 7. The topological polar surface area (TPSA) is 162 Å². The van der Waals surface area contributed by atoms with E-state index in [9.17, 15) is 14.4 Å². The van der Waals surface area contributed by atoms with E-state index in [4.69, 9.17) is 9.47 Å². The van der Waals surface area contributed by atoms with Gasteiger partial charge < -0.3 is 24.7 Å². The number of carbonyl (C=O) groups is 3. The van der Waals surface area contributed by atoms with Crippen molar-refractivity contribution < 1.29 is 23.9 Å². The van der Waals surface area contributed by atoms with Crippen molar-refractivity contribution >= 4 is 28.7 Å². The number of unbranched alkanes of at least 4 members (excludes halogenated alkanes) is 2. The molecule has 14 nitrogen and oxygen atoms in total. The molecule has 49 heavy (non-hydrogen) atoms. The number of carbonyl (C=O) groups excluding carboxylic acids is 3. The van der Waals surface area contributed by atoms with Crippen LogP contribution in [0.25, 0.3) is 33.4 Å². The van der Waals surface area contributed by atoms with Crippen molar-refractivity contribution in [1.29, 1.82) is 0 Å². The quantitative estimate of drug-likeness (QED) is 0.139. The Bertz CT molecular complexity index is 1920. The van der Waals surface area contributed by atoms with E-state index in [2.05, 4.69) is 37.8 Å². The Hall–Kier alpha value is -5.37. The highest BCUT2D eigenvalue weighted by atomic mass is 16.5. The van der Waals surface area contributed by atoms with Crippen molar-refractivity contribution in [2.45, 2.75) is 51.1 Å². The summed E-state index contributed by atoms with van der Waals surface area (Å²) in [6, 6.07) is 11.9. The SMILES string of the molecule is CCCCC[C@@H](C(=O)OC)n1cc(-c2cc(C(=O)N3CCNCC3)cc(-c3cn([C@@H](Cc4c[nH]c5ccccc45)C(=O)OC)nn3)c2)nn1. The summed E-state index contributed by atoms with van der Waals surface area (Å²) in [5.41, 5.74) is 4.54. The van der Waals surface area contributed by atoms with E-state index in [0.29, 0.717) is 67.1 Å². The summed E-state index contributed by atoms with van der Waals surface area (Å²) in [5, 5.41) is 21.8. The second kappa shape index (κ2) is 15.2. The van der Waals surface area contributed by atoms with Crippen LogP contribution in [0.1, 0.15) is 60.6 Å². The minimum Gasteiger partial charge on any atom is -0.467 e. The molecule has 0 unspecified atom stereocenters. The van der Waals surface area contributed by atoms with Crippen LogP contribution >= 0.6 is 0 Å². The van der Waals surface area contributed by atoms with Gasteiger partial charge in [0.05, 0.1) is 26.6 Å². The molecule has 0 saturated carbocycles. The third-order valence-corrected chi connectivity index (χ3v) is 8.95. The van der Waals surface area contributed by atoms with Gasteiger partial charge in [-0.2, -0.15) is 0 Å². The van der Waals surface area contributed by atoms with Crippen molar-refractivity contribution in [3.05, 3.63) is 72.2 Å². The number of nitrogens with one attached hydrogen (secondary N) is 2. The van der Waals surface area contributed by atoms with Crippen LogP contribution < -0.4 is 5.32 Å². The summed E-state index contributed by atoms with van der Waals surface area (Å²) in [4.78, 5) is 44.6. The number of rotatable bonds is 13. The number of methoxy groups -OCH3 is 2. The van der Waals surface area contributed by atoms with E-state index in [-0.39, 0.29) is 11.9 Å². The minimum atomic E-state index is -0.779. The molecule has 1 saturated heterocycles. The first kappa shape index (κ1) is 33.5. The number of H-pyrrole nitrogens is 1. The third kappa shape index (κ3) is 7.38. The molecular formula is C35H41N9O5. The maximum absolute atomic E-state index is 13.8. The van der Waals surface area contributed by atoms with Gasteiger partial charge in [-0.15, -0.1) is 10.2 Å². The van der Waals surface area contributed by atoms with Gasteiger partial charge in [-0.05, 0) is 36.2 Å². The van der Waals surface area contributed by atoms with Crippen LogP contribution in [0, 0.1) is 0 Å². The third-order valence-electron chi connectivity index (χ3n) is 8.95. The number of fused-ring (bicyclic) bond motifs is 1. The highest BCUT2D eigenvalue weighted by Crippen LogP contribution is 2.30. The number of hydrogen-bond acceptors (Lipinski definition) is 10. The van der Waals surface area contributed by atoms with E-state index in [1.807, 2.05) is 41.4 Å². The van der Waals surface area contributed by atoms with Crippen molar-refractivity contribution in [1.82, 2.24) is 45.2 Å². The molecule has 1 fully saturated rings. The van der Waals surface area contributed by atoms with Gasteiger partial charge in [0.25, 0.3) is 5.91 Å². The Morgan fingerprint density at radius 1 is 0.857 bits per heavy atom. The highest BCUT2D eigenvalue weighted by molar-refractivity contribution is 5.97. The number of ether oxygens (including phenoxy) is 2. The molecular weight excluding hydrogens is 626 g/mol. The van der Waals surface area contributed by atoms with Crippen molar-refractivity contribution in [3.63, 3.8) is 0 Å². The lowest BCUT2D eigenvalue weighted by Gasteiger charge is -2.27. The fourth-order valence-electron chi connectivity index (χ4n) is 6.23. The van der Waals surface area contributed by atoms with Gasteiger partial charge in [-0.25, -0.2) is 19.0 Å². The van der Waals surface area contributed by atoms with Crippen LogP contribution in [-0.2, 0) is 25.5 Å². The molecule has 1 aliphatic heterocycles. The molecule has 1 aliphatic rings. The maximum Gasteiger partial charge on any atom is 0.331 e. The lowest BCUT2D eigenvalue weighted by Crippen LogP contribution is -2.46. The predicted octanol–water partition coefficient (Wildman–Crippen LogP) is 3.98. The summed E-state index contributed by atoms with van der Waals surface area (Å²) < 4.78 is 13.3.